The zero-order valence-corrected chi connectivity index (χ0v) is 9.65. The van der Waals surface area contributed by atoms with Crippen molar-refractivity contribution in [1.29, 1.82) is 0 Å². The van der Waals surface area contributed by atoms with Crippen LogP contribution in [0.3, 0.4) is 0 Å². The second-order valence-electron chi connectivity index (χ2n) is 4.15. The van der Waals surface area contributed by atoms with Gasteiger partial charge in [-0.1, -0.05) is 50.1 Å². The van der Waals surface area contributed by atoms with Gasteiger partial charge < -0.3 is 5.11 Å². The fraction of sp³-hybridized carbons (Fsp3) is 0.571. The van der Waals surface area contributed by atoms with E-state index in [9.17, 15) is 5.11 Å². The third-order valence-corrected chi connectivity index (χ3v) is 2.82. The van der Waals surface area contributed by atoms with Crippen LogP contribution in [0.4, 0.5) is 0 Å². The quantitative estimate of drug-likeness (QED) is 0.676. The number of benzene rings is 1. The molecule has 84 valence electrons. The minimum atomic E-state index is -0.0817. The molecule has 0 spiro atoms. The predicted octanol–water partition coefficient (Wildman–Crippen LogP) is 3.56. The third kappa shape index (κ3) is 5.58. The normalized spacial score (nSPS) is 12.7. The lowest BCUT2D eigenvalue weighted by Gasteiger charge is -2.06. The molecule has 0 fully saturated rings. The molecule has 1 heteroatoms. The van der Waals surface area contributed by atoms with Crippen LogP contribution >= 0.6 is 0 Å². The summed E-state index contributed by atoms with van der Waals surface area (Å²) in [6.45, 7) is 2.04. The summed E-state index contributed by atoms with van der Waals surface area (Å²) in [5.74, 6) is 0. The van der Waals surface area contributed by atoms with Crippen LogP contribution in [0.2, 0.25) is 0 Å². The van der Waals surface area contributed by atoms with Crippen LogP contribution in [0.1, 0.15) is 44.6 Å². The van der Waals surface area contributed by atoms with Crippen molar-refractivity contribution >= 4 is 0 Å². The van der Waals surface area contributed by atoms with Gasteiger partial charge in [0.1, 0.15) is 0 Å². The van der Waals surface area contributed by atoms with Gasteiger partial charge in [0.15, 0.2) is 0 Å². The lowest BCUT2D eigenvalue weighted by Crippen LogP contribution is -2.03. The van der Waals surface area contributed by atoms with Gasteiger partial charge in [0, 0.05) is 0 Å². The number of aryl methyl sites for hydroxylation is 1. The molecule has 0 aliphatic rings. The van der Waals surface area contributed by atoms with E-state index < -0.39 is 0 Å². The van der Waals surface area contributed by atoms with Crippen LogP contribution in [-0.4, -0.2) is 11.2 Å². The first kappa shape index (κ1) is 12.3. The van der Waals surface area contributed by atoms with E-state index in [0.29, 0.717) is 0 Å². The maximum atomic E-state index is 9.37. The summed E-state index contributed by atoms with van der Waals surface area (Å²) in [5, 5.41) is 9.37. The fourth-order valence-electron chi connectivity index (χ4n) is 1.73. The first-order chi connectivity index (χ1) is 7.33. The topological polar surface area (TPSA) is 20.2 Å². The summed E-state index contributed by atoms with van der Waals surface area (Å²) in [5.41, 5.74) is 1.42. The number of hydrogen-bond donors (Lipinski definition) is 1. The zero-order chi connectivity index (χ0) is 10.9. The van der Waals surface area contributed by atoms with Gasteiger partial charge in [-0.25, -0.2) is 0 Å². The summed E-state index contributed by atoms with van der Waals surface area (Å²) in [4.78, 5) is 0. The van der Waals surface area contributed by atoms with Crippen molar-refractivity contribution in [3.8, 4) is 0 Å². The van der Waals surface area contributed by atoms with E-state index in [1.807, 2.05) is 6.92 Å². The lowest BCUT2D eigenvalue weighted by molar-refractivity contribution is 0.156. The highest BCUT2D eigenvalue weighted by molar-refractivity contribution is 5.14. The Morgan fingerprint density at radius 2 is 1.80 bits per heavy atom. The minimum Gasteiger partial charge on any atom is -0.393 e. The van der Waals surface area contributed by atoms with Gasteiger partial charge in [-0.15, -0.1) is 0 Å². The van der Waals surface area contributed by atoms with Crippen LogP contribution < -0.4 is 0 Å². The Morgan fingerprint density at radius 1 is 1.07 bits per heavy atom. The molecule has 1 atom stereocenters. The van der Waals surface area contributed by atoms with Gasteiger partial charge >= 0.3 is 0 Å². The largest absolute Gasteiger partial charge is 0.393 e. The predicted molar refractivity (Wildman–Crippen MR) is 64.9 cm³/mol. The Morgan fingerprint density at radius 3 is 2.47 bits per heavy atom. The summed E-state index contributed by atoms with van der Waals surface area (Å²) < 4.78 is 0. The number of aliphatic hydroxyl groups is 1. The monoisotopic (exact) mass is 206 g/mol. The minimum absolute atomic E-state index is 0.0817. The van der Waals surface area contributed by atoms with Crippen LogP contribution in [0, 0.1) is 0 Å². The molecular formula is C14H22O. The molecule has 15 heavy (non-hydrogen) atoms. The molecule has 1 N–H and O–H groups in total. The van der Waals surface area contributed by atoms with Gasteiger partial charge in [-0.2, -0.15) is 0 Å². The van der Waals surface area contributed by atoms with Gasteiger partial charge in [0.05, 0.1) is 6.10 Å². The molecule has 0 bridgehead atoms. The Labute approximate surface area is 93.1 Å². The van der Waals surface area contributed by atoms with Crippen molar-refractivity contribution in [2.45, 2.75) is 51.6 Å². The van der Waals surface area contributed by atoms with Crippen LogP contribution in [0.5, 0.6) is 0 Å². The van der Waals surface area contributed by atoms with E-state index in [-0.39, 0.29) is 6.10 Å². The first-order valence-corrected chi connectivity index (χ1v) is 6.05. The highest BCUT2D eigenvalue weighted by Gasteiger charge is 1.99. The molecule has 1 unspecified atom stereocenters. The summed E-state index contributed by atoms with van der Waals surface area (Å²) in [7, 11) is 0. The Balaban J connectivity index is 2.03. The van der Waals surface area contributed by atoms with Gasteiger partial charge in [-0.05, 0) is 31.2 Å². The molecule has 0 radical (unpaired) electrons. The van der Waals surface area contributed by atoms with Crippen LogP contribution in [-0.2, 0) is 6.42 Å². The Bertz CT molecular complexity index is 243. The molecule has 0 amide bonds. The van der Waals surface area contributed by atoms with E-state index in [1.54, 1.807) is 0 Å². The van der Waals surface area contributed by atoms with E-state index >= 15 is 0 Å². The lowest BCUT2D eigenvalue weighted by atomic mass is 10.0. The molecular weight excluding hydrogens is 184 g/mol. The third-order valence-electron chi connectivity index (χ3n) is 2.82. The molecule has 1 rings (SSSR count). The van der Waals surface area contributed by atoms with Crippen molar-refractivity contribution in [3.05, 3.63) is 35.9 Å². The van der Waals surface area contributed by atoms with Crippen molar-refractivity contribution in [1.82, 2.24) is 0 Å². The van der Waals surface area contributed by atoms with Gasteiger partial charge in [0.25, 0.3) is 0 Å². The number of rotatable bonds is 7. The summed E-state index contributed by atoms with van der Waals surface area (Å²) in [6, 6.07) is 10.6. The zero-order valence-electron chi connectivity index (χ0n) is 9.65. The number of unbranched alkanes of at least 4 members (excludes halogenated alkanes) is 2. The molecule has 1 nitrogen and oxygen atoms in total. The molecule has 1 aromatic rings. The standard InChI is InChI=1S/C14H22O/c1-2-14(15)12-8-4-7-11-13-9-5-3-6-10-13/h3,5-6,9-10,14-15H,2,4,7-8,11-12H2,1H3. The van der Waals surface area contributed by atoms with E-state index in [2.05, 4.69) is 30.3 Å². The van der Waals surface area contributed by atoms with Gasteiger partial charge in [0.2, 0.25) is 0 Å². The molecule has 0 saturated heterocycles. The Hall–Kier alpha value is -0.820. The summed E-state index contributed by atoms with van der Waals surface area (Å²) >= 11 is 0. The van der Waals surface area contributed by atoms with E-state index in [1.165, 1.54) is 24.8 Å². The highest BCUT2D eigenvalue weighted by atomic mass is 16.3. The first-order valence-electron chi connectivity index (χ1n) is 6.05. The Kier molecular flexibility index (Phi) is 6.10. The van der Waals surface area contributed by atoms with Crippen molar-refractivity contribution in [2.75, 3.05) is 0 Å². The molecule has 0 aliphatic carbocycles. The molecule has 0 heterocycles. The van der Waals surface area contributed by atoms with E-state index in [0.717, 1.165) is 19.3 Å². The maximum absolute atomic E-state index is 9.37. The smallest absolute Gasteiger partial charge is 0.0537 e. The summed E-state index contributed by atoms with van der Waals surface area (Å²) in [6.07, 6.45) is 6.56. The van der Waals surface area contributed by atoms with E-state index in [4.69, 9.17) is 0 Å². The molecule has 0 aromatic heterocycles. The van der Waals surface area contributed by atoms with Crippen LogP contribution in [0.15, 0.2) is 30.3 Å². The number of aliphatic hydroxyl groups excluding tert-OH is 1. The highest BCUT2D eigenvalue weighted by Crippen LogP contribution is 2.09. The molecule has 1 aromatic carbocycles. The van der Waals surface area contributed by atoms with Crippen molar-refractivity contribution in [3.63, 3.8) is 0 Å². The van der Waals surface area contributed by atoms with Crippen LogP contribution in [0.25, 0.3) is 0 Å². The van der Waals surface area contributed by atoms with Crippen molar-refractivity contribution < 1.29 is 5.11 Å². The molecule has 0 aliphatic heterocycles. The number of hydrogen-bond acceptors (Lipinski definition) is 1. The van der Waals surface area contributed by atoms with Gasteiger partial charge in [-0.3, -0.25) is 0 Å². The maximum Gasteiger partial charge on any atom is 0.0537 e. The SMILES string of the molecule is CCC(O)CCCCCc1ccccc1. The molecule has 0 saturated carbocycles. The average molecular weight is 206 g/mol. The average Bonchev–Trinajstić information content (AvgIpc) is 2.29. The fourth-order valence-corrected chi connectivity index (χ4v) is 1.73. The van der Waals surface area contributed by atoms with Crippen molar-refractivity contribution in [2.24, 2.45) is 0 Å². The second kappa shape index (κ2) is 7.47. The second-order valence-corrected chi connectivity index (χ2v) is 4.15.